The van der Waals surface area contributed by atoms with Gasteiger partial charge in [-0.2, -0.15) is 0 Å². The average Bonchev–Trinajstić information content (AvgIpc) is 2.20. The zero-order valence-electron chi connectivity index (χ0n) is 9.19. The second-order valence-electron chi connectivity index (χ2n) is 3.82. The molecule has 84 valence electrons. The lowest BCUT2D eigenvalue weighted by atomic mass is 10.1. The molecule has 0 radical (unpaired) electrons. The predicted octanol–water partition coefficient (Wildman–Crippen LogP) is 3.96. The first-order chi connectivity index (χ1) is 7.13. The maximum Gasteiger partial charge on any atom is 0.160 e. The summed E-state index contributed by atoms with van der Waals surface area (Å²) >= 11 is 0. The minimum Gasteiger partial charge on any atom is -0.383 e. The van der Waals surface area contributed by atoms with Gasteiger partial charge in [0.25, 0.3) is 0 Å². The Bertz CT molecular complexity index is 312. The zero-order chi connectivity index (χ0) is 11.3. The molecule has 0 aliphatic carbocycles. The van der Waals surface area contributed by atoms with E-state index in [1.165, 1.54) is 6.07 Å². The smallest absolute Gasteiger partial charge is 0.160 e. The Kier molecular flexibility index (Phi) is 4.53. The molecule has 1 N–H and O–H groups in total. The van der Waals surface area contributed by atoms with Gasteiger partial charge in [-0.3, -0.25) is 0 Å². The van der Waals surface area contributed by atoms with E-state index in [1.807, 2.05) is 6.92 Å². The summed E-state index contributed by atoms with van der Waals surface area (Å²) in [5, 5.41) is 3.14. The number of rotatable bonds is 5. The molecule has 0 amide bonds. The highest BCUT2D eigenvalue weighted by Crippen LogP contribution is 2.15. The maximum absolute atomic E-state index is 12.9. The van der Waals surface area contributed by atoms with Gasteiger partial charge in [-0.25, -0.2) is 8.78 Å². The number of unbranched alkanes of at least 4 members (excludes halogenated alkanes) is 1. The summed E-state index contributed by atoms with van der Waals surface area (Å²) in [5.41, 5.74) is 0.637. The minimum absolute atomic E-state index is 0.287. The van der Waals surface area contributed by atoms with Crippen molar-refractivity contribution in [2.24, 2.45) is 0 Å². The zero-order valence-corrected chi connectivity index (χ0v) is 9.19. The summed E-state index contributed by atoms with van der Waals surface area (Å²) in [5.74, 6) is -1.61. The van der Waals surface area contributed by atoms with Crippen molar-refractivity contribution in [3.05, 3.63) is 29.8 Å². The van der Waals surface area contributed by atoms with Gasteiger partial charge in [-0.15, -0.1) is 0 Å². The number of hydrogen-bond donors (Lipinski definition) is 1. The first-order valence-corrected chi connectivity index (χ1v) is 5.35. The first kappa shape index (κ1) is 12.0. The monoisotopic (exact) mass is 213 g/mol. The molecule has 1 unspecified atom stereocenters. The van der Waals surface area contributed by atoms with Crippen LogP contribution in [0.3, 0.4) is 0 Å². The maximum atomic E-state index is 12.9. The van der Waals surface area contributed by atoms with Crippen LogP contribution in [0.2, 0.25) is 0 Å². The van der Waals surface area contributed by atoms with Crippen molar-refractivity contribution >= 4 is 5.69 Å². The van der Waals surface area contributed by atoms with Crippen molar-refractivity contribution in [2.75, 3.05) is 5.32 Å². The Morgan fingerprint density at radius 3 is 2.60 bits per heavy atom. The molecule has 15 heavy (non-hydrogen) atoms. The van der Waals surface area contributed by atoms with E-state index < -0.39 is 11.6 Å². The van der Waals surface area contributed by atoms with Crippen LogP contribution >= 0.6 is 0 Å². The molecule has 0 saturated heterocycles. The molecule has 0 bridgehead atoms. The highest BCUT2D eigenvalue weighted by molar-refractivity contribution is 5.44. The summed E-state index contributed by atoms with van der Waals surface area (Å²) in [7, 11) is 0. The van der Waals surface area contributed by atoms with E-state index in [0.717, 1.165) is 25.3 Å². The lowest BCUT2D eigenvalue weighted by Crippen LogP contribution is -2.14. The molecular weight excluding hydrogens is 196 g/mol. The van der Waals surface area contributed by atoms with Crippen LogP contribution in [0, 0.1) is 11.6 Å². The Hall–Kier alpha value is -1.12. The molecule has 0 saturated carbocycles. The van der Waals surface area contributed by atoms with Crippen LogP contribution in [0.5, 0.6) is 0 Å². The fourth-order valence-corrected chi connectivity index (χ4v) is 1.45. The highest BCUT2D eigenvalue weighted by Gasteiger charge is 2.05. The molecule has 1 aromatic rings. The standard InChI is InChI=1S/C12H17F2N/c1-3-4-5-9(2)15-10-6-7-11(13)12(14)8-10/h6-9,15H,3-5H2,1-2H3. The van der Waals surface area contributed by atoms with Crippen molar-refractivity contribution in [2.45, 2.75) is 39.2 Å². The van der Waals surface area contributed by atoms with Crippen molar-refractivity contribution in [1.82, 2.24) is 0 Å². The Labute approximate surface area is 89.5 Å². The molecule has 1 aromatic carbocycles. The van der Waals surface area contributed by atoms with Gasteiger partial charge < -0.3 is 5.32 Å². The van der Waals surface area contributed by atoms with E-state index in [4.69, 9.17) is 0 Å². The number of benzene rings is 1. The van der Waals surface area contributed by atoms with Gasteiger partial charge >= 0.3 is 0 Å². The van der Waals surface area contributed by atoms with Gasteiger partial charge in [0, 0.05) is 17.8 Å². The quantitative estimate of drug-likeness (QED) is 0.780. The topological polar surface area (TPSA) is 12.0 Å². The Morgan fingerprint density at radius 2 is 2.00 bits per heavy atom. The molecule has 3 heteroatoms. The van der Waals surface area contributed by atoms with E-state index in [2.05, 4.69) is 12.2 Å². The van der Waals surface area contributed by atoms with Gasteiger partial charge in [-0.1, -0.05) is 19.8 Å². The molecule has 0 fully saturated rings. The normalized spacial score (nSPS) is 12.5. The third kappa shape index (κ3) is 3.86. The summed E-state index contributed by atoms with van der Waals surface area (Å²) < 4.78 is 25.5. The van der Waals surface area contributed by atoms with Crippen LogP contribution < -0.4 is 5.32 Å². The van der Waals surface area contributed by atoms with Crippen LogP contribution in [0.15, 0.2) is 18.2 Å². The van der Waals surface area contributed by atoms with Gasteiger partial charge in [0.05, 0.1) is 0 Å². The van der Waals surface area contributed by atoms with Crippen molar-refractivity contribution < 1.29 is 8.78 Å². The molecule has 1 atom stereocenters. The summed E-state index contributed by atoms with van der Waals surface area (Å²) in [4.78, 5) is 0. The Balaban J connectivity index is 2.53. The largest absolute Gasteiger partial charge is 0.383 e. The number of halogens is 2. The number of anilines is 1. The van der Waals surface area contributed by atoms with Crippen LogP contribution in [-0.4, -0.2) is 6.04 Å². The Morgan fingerprint density at radius 1 is 1.27 bits per heavy atom. The van der Waals surface area contributed by atoms with E-state index >= 15 is 0 Å². The molecule has 1 rings (SSSR count). The molecule has 0 aliphatic heterocycles. The van der Waals surface area contributed by atoms with Gasteiger partial charge in [-0.05, 0) is 25.5 Å². The number of nitrogens with one attached hydrogen (secondary N) is 1. The fourth-order valence-electron chi connectivity index (χ4n) is 1.45. The molecule has 0 spiro atoms. The summed E-state index contributed by atoms with van der Waals surface area (Å²) in [6, 6.07) is 4.18. The van der Waals surface area contributed by atoms with Gasteiger partial charge in [0.1, 0.15) is 0 Å². The second-order valence-corrected chi connectivity index (χ2v) is 3.82. The van der Waals surface area contributed by atoms with E-state index in [0.29, 0.717) is 5.69 Å². The predicted molar refractivity (Wildman–Crippen MR) is 59.0 cm³/mol. The van der Waals surface area contributed by atoms with E-state index in [1.54, 1.807) is 6.07 Å². The SMILES string of the molecule is CCCCC(C)Nc1ccc(F)c(F)c1. The van der Waals surface area contributed by atoms with Gasteiger partial charge in [0.2, 0.25) is 0 Å². The van der Waals surface area contributed by atoms with Crippen molar-refractivity contribution in [3.63, 3.8) is 0 Å². The highest BCUT2D eigenvalue weighted by atomic mass is 19.2. The minimum atomic E-state index is -0.804. The lowest BCUT2D eigenvalue weighted by Gasteiger charge is -2.14. The number of hydrogen-bond acceptors (Lipinski definition) is 1. The first-order valence-electron chi connectivity index (χ1n) is 5.35. The van der Waals surface area contributed by atoms with Gasteiger partial charge in [0.15, 0.2) is 11.6 Å². The average molecular weight is 213 g/mol. The van der Waals surface area contributed by atoms with Crippen molar-refractivity contribution in [3.8, 4) is 0 Å². The molecule has 0 aliphatic rings. The van der Waals surface area contributed by atoms with Crippen LogP contribution in [-0.2, 0) is 0 Å². The van der Waals surface area contributed by atoms with Crippen molar-refractivity contribution in [1.29, 1.82) is 0 Å². The molecular formula is C12H17F2N. The molecule has 1 nitrogen and oxygen atoms in total. The third-order valence-electron chi connectivity index (χ3n) is 2.32. The molecule has 0 heterocycles. The van der Waals surface area contributed by atoms with Crippen LogP contribution in [0.25, 0.3) is 0 Å². The summed E-state index contributed by atoms with van der Waals surface area (Å²) in [6.45, 7) is 4.17. The molecule has 0 aromatic heterocycles. The van der Waals surface area contributed by atoms with Crippen LogP contribution in [0.4, 0.5) is 14.5 Å². The fraction of sp³-hybridized carbons (Fsp3) is 0.500. The van der Waals surface area contributed by atoms with E-state index in [9.17, 15) is 8.78 Å². The van der Waals surface area contributed by atoms with E-state index in [-0.39, 0.29) is 6.04 Å². The third-order valence-corrected chi connectivity index (χ3v) is 2.32. The summed E-state index contributed by atoms with van der Waals surface area (Å²) in [6.07, 6.45) is 3.32. The van der Waals surface area contributed by atoms with Crippen LogP contribution in [0.1, 0.15) is 33.1 Å². The lowest BCUT2D eigenvalue weighted by molar-refractivity contribution is 0.508. The second kappa shape index (κ2) is 5.69.